The molecule has 1 aliphatic rings. The molecule has 9 nitrogen and oxygen atoms in total. The van der Waals surface area contributed by atoms with E-state index in [1.54, 1.807) is 32.3 Å². The molecule has 26 heavy (non-hydrogen) atoms. The minimum atomic E-state index is -0.410. The fourth-order valence-corrected chi connectivity index (χ4v) is 3.50. The van der Waals surface area contributed by atoms with Crippen molar-refractivity contribution in [1.82, 2.24) is 14.8 Å². The average molecular weight is 423 g/mol. The number of carbonyl (C=O) groups excluding carboxylic acids is 1. The zero-order valence-electron chi connectivity index (χ0n) is 14.5. The molecule has 0 aromatic carbocycles. The van der Waals surface area contributed by atoms with Crippen LogP contribution < -0.4 is 10.2 Å². The molecule has 10 heteroatoms. The molecule has 3 heterocycles. The Morgan fingerprint density at radius 3 is 2.88 bits per heavy atom. The first kappa shape index (κ1) is 18.3. The Hall–Kier alpha value is -2.49. The standard InChI is InChI=1S/C16H19BrN6O3/c1-10-14(23(25)26)16(21(2)20-10)22-7-3-4-11(9-22)15(24)19-13-6-5-12(17)8-18-13/h5-6,8,11H,3-4,7,9H2,1-2H3,(H,18,19,24). The van der Waals surface area contributed by atoms with E-state index in [0.29, 0.717) is 30.4 Å². The monoisotopic (exact) mass is 422 g/mol. The molecule has 0 radical (unpaired) electrons. The summed E-state index contributed by atoms with van der Waals surface area (Å²) in [6, 6.07) is 3.52. The molecule has 0 spiro atoms. The summed E-state index contributed by atoms with van der Waals surface area (Å²) in [6.07, 6.45) is 3.11. The predicted molar refractivity (Wildman–Crippen MR) is 100 cm³/mol. The third-order valence-corrected chi connectivity index (χ3v) is 4.88. The summed E-state index contributed by atoms with van der Waals surface area (Å²) >= 11 is 3.30. The number of pyridine rings is 1. The molecule has 3 rings (SSSR count). The van der Waals surface area contributed by atoms with Crippen LogP contribution in [0.1, 0.15) is 18.5 Å². The van der Waals surface area contributed by atoms with Gasteiger partial charge < -0.3 is 10.2 Å². The lowest BCUT2D eigenvalue weighted by Gasteiger charge is -2.32. The van der Waals surface area contributed by atoms with Gasteiger partial charge in [-0.05, 0) is 47.8 Å². The fourth-order valence-electron chi connectivity index (χ4n) is 3.26. The number of nitro groups is 1. The highest BCUT2D eigenvalue weighted by molar-refractivity contribution is 9.10. The number of anilines is 2. The molecule has 0 saturated carbocycles. The van der Waals surface area contributed by atoms with Crippen molar-refractivity contribution < 1.29 is 9.72 Å². The van der Waals surface area contributed by atoms with Gasteiger partial charge in [0.05, 0.1) is 10.8 Å². The minimum absolute atomic E-state index is 0.00290. The summed E-state index contributed by atoms with van der Waals surface area (Å²) in [5, 5.41) is 18.4. The van der Waals surface area contributed by atoms with E-state index in [2.05, 4.69) is 31.3 Å². The first-order valence-electron chi connectivity index (χ1n) is 8.22. The van der Waals surface area contributed by atoms with E-state index in [9.17, 15) is 14.9 Å². The number of hydrogen-bond donors (Lipinski definition) is 1. The Kier molecular flexibility index (Phi) is 5.21. The summed E-state index contributed by atoms with van der Waals surface area (Å²) in [7, 11) is 1.69. The van der Waals surface area contributed by atoms with Gasteiger partial charge in [0.25, 0.3) is 0 Å². The number of carbonyl (C=O) groups is 1. The Labute approximate surface area is 158 Å². The highest BCUT2D eigenvalue weighted by atomic mass is 79.9. The van der Waals surface area contributed by atoms with Crippen LogP contribution in [-0.2, 0) is 11.8 Å². The third kappa shape index (κ3) is 3.69. The van der Waals surface area contributed by atoms with Gasteiger partial charge in [-0.25, -0.2) is 9.67 Å². The molecule has 1 amide bonds. The Morgan fingerprint density at radius 2 is 2.23 bits per heavy atom. The highest BCUT2D eigenvalue weighted by Gasteiger charge is 2.33. The van der Waals surface area contributed by atoms with E-state index in [1.165, 1.54) is 4.68 Å². The van der Waals surface area contributed by atoms with Crippen molar-refractivity contribution in [2.45, 2.75) is 19.8 Å². The predicted octanol–water partition coefficient (Wildman–Crippen LogP) is 2.65. The molecule has 138 valence electrons. The minimum Gasteiger partial charge on any atom is -0.350 e. The quantitative estimate of drug-likeness (QED) is 0.599. The van der Waals surface area contributed by atoms with Crippen molar-refractivity contribution >= 4 is 39.2 Å². The van der Waals surface area contributed by atoms with Crippen LogP contribution in [0.5, 0.6) is 0 Å². The first-order valence-corrected chi connectivity index (χ1v) is 9.01. The van der Waals surface area contributed by atoms with Gasteiger partial charge in [-0.2, -0.15) is 5.10 Å². The first-order chi connectivity index (χ1) is 12.4. The zero-order valence-corrected chi connectivity index (χ0v) is 16.1. The number of piperidine rings is 1. The number of aryl methyl sites for hydroxylation is 2. The van der Waals surface area contributed by atoms with Gasteiger partial charge in [0.15, 0.2) is 0 Å². The number of rotatable bonds is 4. The van der Waals surface area contributed by atoms with Gasteiger partial charge in [-0.1, -0.05) is 0 Å². The van der Waals surface area contributed by atoms with E-state index < -0.39 is 4.92 Å². The second kappa shape index (κ2) is 7.40. The SMILES string of the molecule is Cc1nn(C)c(N2CCCC(C(=O)Nc3ccc(Br)cn3)C2)c1[N+](=O)[O-]. The van der Waals surface area contributed by atoms with Gasteiger partial charge in [-0.3, -0.25) is 14.9 Å². The summed E-state index contributed by atoms with van der Waals surface area (Å²) in [4.78, 5) is 29.6. The van der Waals surface area contributed by atoms with Crippen LogP contribution in [0.15, 0.2) is 22.8 Å². The number of aromatic nitrogens is 3. The van der Waals surface area contributed by atoms with Crippen LogP contribution in [0, 0.1) is 23.0 Å². The normalized spacial score (nSPS) is 17.2. The van der Waals surface area contributed by atoms with E-state index in [4.69, 9.17) is 0 Å². The number of hydrogen-bond acceptors (Lipinski definition) is 6. The largest absolute Gasteiger partial charge is 0.350 e. The Morgan fingerprint density at radius 1 is 1.46 bits per heavy atom. The number of amides is 1. The summed E-state index contributed by atoms with van der Waals surface area (Å²) in [5.74, 6) is 0.527. The van der Waals surface area contributed by atoms with Crippen molar-refractivity contribution in [2.24, 2.45) is 13.0 Å². The van der Waals surface area contributed by atoms with Crippen molar-refractivity contribution in [1.29, 1.82) is 0 Å². The Balaban J connectivity index is 1.76. The smallest absolute Gasteiger partial charge is 0.333 e. The van der Waals surface area contributed by atoms with Gasteiger partial charge in [0.2, 0.25) is 11.7 Å². The van der Waals surface area contributed by atoms with E-state index >= 15 is 0 Å². The van der Waals surface area contributed by atoms with Crippen LogP contribution in [-0.4, -0.2) is 38.7 Å². The summed E-state index contributed by atoms with van der Waals surface area (Å²) in [5.41, 5.74) is 0.376. The van der Waals surface area contributed by atoms with Crippen LogP contribution >= 0.6 is 15.9 Å². The molecule has 2 aromatic heterocycles. The lowest BCUT2D eigenvalue weighted by molar-refractivity contribution is -0.384. The molecule has 1 atom stereocenters. The molecule has 1 aliphatic heterocycles. The maximum atomic E-state index is 12.6. The molecule has 1 fully saturated rings. The molecule has 2 aromatic rings. The van der Waals surface area contributed by atoms with E-state index in [-0.39, 0.29) is 17.5 Å². The van der Waals surface area contributed by atoms with Crippen LogP contribution in [0.25, 0.3) is 0 Å². The zero-order chi connectivity index (χ0) is 18.8. The fraction of sp³-hybridized carbons (Fsp3) is 0.438. The lowest BCUT2D eigenvalue weighted by atomic mass is 9.97. The molecule has 1 N–H and O–H groups in total. The molecule has 0 bridgehead atoms. The van der Waals surface area contributed by atoms with Crippen molar-refractivity contribution in [3.8, 4) is 0 Å². The van der Waals surface area contributed by atoms with E-state index in [0.717, 1.165) is 17.3 Å². The number of halogens is 1. The molecular weight excluding hydrogens is 404 g/mol. The Bertz CT molecular complexity index is 835. The lowest BCUT2D eigenvalue weighted by Crippen LogP contribution is -2.41. The van der Waals surface area contributed by atoms with Crippen LogP contribution in [0.4, 0.5) is 17.3 Å². The molecule has 1 unspecified atom stereocenters. The topological polar surface area (TPSA) is 106 Å². The third-order valence-electron chi connectivity index (χ3n) is 4.41. The second-order valence-electron chi connectivity index (χ2n) is 6.27. The van der Waals surface area contributed by atoms with E-state index in [1.807, 2.05) is 4.90 Å². The van der Waals surface area contributed by atoms with Gasteiger partial charge in [0, 0.05) is 30.8 Å². The van der Waals surface area contributed by atoms with Crippen molar-refractivity contribution in [3.05, 3.63) is 38.6 Å². The molecule has 0 aliphatic carbocycles. The van der Waals surface area contributed by atoms with Crippen LogP contribution in [0.2, 0.25) is 0 Å². The van der Waals surface area contributed by atoms with Crippen LogP contribution in [0.3, 0.4) is 0 Å². The average Bonchev–Trinajstić information content (AvgIpc) is 2.91. The van der Waals surface area contributed by atoms with Crippen molar-refractivity contribution in [2.75, 3.05) is 23.3 Å². The van der Waals surface area contributed by atoms with Gasteiger partial charge in [-0.15, -0.1) is 0 Å². The highest BCUT2D eigenvalue weighted by Crippen LogP contribution is 2.33. The maximum Gasteiger partial charge on any atom is 0.333 e. The summed E-state index contributed by atoms with van der Waals surface area (Å²) in [6.45, 7) is 2.68. The molecule has 1 saturated heterocycles. The second-order valence-corrected chi connectivity index (χ2v) is 7.19. The number of nitrogens with zero attached hydrogens (tertiary/aromatic N) is 5. The molecular formula is C16H19BrN6O3. The van der Waals surface area contributed by atoms with Crippen molar-refractivity contribution in [3.63, 3.8) is 0 Å². The van der Waals surface area contributed by atoms with Gasteiger partial charge in [0.1, 0.15) is 11.5 Å². The van der Waals surface area contributed by atoms with Gasteiger partial charge >= 0.3 is 5.69 Å². The summed E-state index contributed by atoms with van der Waals surface area (Å²) < 4.78 is 2.35. The maximum absolute atomic E-state index is 12.6. The number of nitrogens with one attached hydrogen (secondary N) is 1.